The standard InChI is InChI=1S/C22H24N6OS/c1-15-10-16(2)12-20(11-15)27(9-5-8-23)21(29)14-30-22-24-25-26-28(22)19-7-6-17(3)18(4)13-19/h6-7,10-13H,5,9,14H2,1-4H3. The van der Waals surface area contributed by atoms with Gasteiger partial charge in [-0.2, -0.15) is 9.94 Å². The van der Waals surface area contributed by atoms with Crippen LogP contribution in [0.5, 0.6) is 0 Å². The summed E-state index contributed by atoms with van der Waals surface area (Å²) in [7, 11) is 0. The number of anilines is 1. The normalized spacial score (nSPS) is 10.6. The van der Waals surface area contributed by atoms with E-state index in [4.69, 9.17) is 5.26 Å². The van der Waals surface area contributed by atoms with E-state index in [0.29, 0.717) is 11.7 Å². The molecule has 8 heteroatoms. The summed E-state index contributed by atoms with van der Waals surface area (Å²) in [5.41, 5.74) is 6.15. The number of rotatable bonds is 7. The number of thioether (sulfide) groups is 1. The van der Waals surface area contributed by atoms with Crippen LogP contribution < -0.4 is 4.90 Å². The summed E-state index contributed by atoms with van der Waals surface area (Å²) in [5, 5.41) is 21.5. The molecule has 2 aromatic carbocycles. The zero-order valence-electron chi connectivity index (χ0n) is 17.6. The van der Waals surface area contributed by atoms with Crippen LogP contribution in [-0.4, -0.2) is 38.4 Å². The molecule has 1 amide bonds. The van der Waals surface area contributed by atoms with Crippen LogP contribution in [0, 0.1) is 39.0 Å². The van der Waals surface area contributed by atoms with Crippen LogP contribution in [0.15, 0.2) is 41.6 Å². The van der Waals surface area contributed by atoms with Gasteiger partial charge in [0.25, 0.3) is 0 Å². The summed E-state index contributed by atoms with van der Waals surface area (Å²) in [6.45, 7) is 8.43. The van der Waals surface area contributed by atoms with Crippen molar-refractivity contribution in [1.82, 2.24) is 20.2 Å². The maximum atomic E-state index is 13.0. The summed E-state index contributed by atoms with van der Waals surface area (Å²) < 4.78 is 1.64. The molecule has 0 aliphatic rings. The lowest BCUT2D eigenvalue weighted by atomic mass is 10.1. The minimum absolute atomic E-state index is 0.0881. The molecule has 30 heavy (non-hydrogen) atoms. The van der Waals surface area contributed by atoms with E-state index in [-0.39, 0.29) is 18.1 Å². The molecule has 3 aromatic rings. The summed E-state index contributed by atoms with van der Waals surface area (Å²) in [4.78, 5) is 14.7. The molecule has 1 heterocycles. The van der Waals surface area contributed by atoms with Crippen LogP contribution in [0.2, 0.25) is 0 Å². The fraction of sp³-hybridized carbons (Fsp3) is 0.318. The van der Waals surface area contributed by atoms with Gasteiger partial charge in [0.05, 0.1) is 23.9 Å². The number of amides is 1. The topological polar surface area (TPSA) is 87.7 Å². The molecule has 0 radical (unpaired) electrons. The van der Waals surface area contributed by atoms with Gasteiger partial charge in [0.2, 0.25) is 11.1 Å². The lowest BCUT2D eigenvalue weighted by Crippen LogP contribution is -2.33. The van der Waals surface area contributed by atoms with Crippen molar-refractivity contribution in [2.45, 2.75) is 39.3 Å². The van der Waals surface area contributed by atoms with E-state index in [1.807, 2.05) is 51.1 Å². The Labute approximate surface area is 180 Å². The monoisotopic (exact) mass is 420 g/mol. The molecule has 0 saturated heterocycles. The van der Waals surface area contributed by atoms with E-state index in [0.717, 1.165) is 28.1 Å². The molecule has 0 unspecified atom stereocenters. The fourth-order valence-corrected chi connectivity index (χ4v) is 3.93. The van der Waals surface area contributed by atoms with Crippen molar-refractivity contribution in [3.63, 3.8) is 0 Å². The van der Waals surface area contributed by atoms with E-state index in [2.05, 4.69) is 34.6 Å². The SMILES string of the molecule is Cc1cc(C)cc(N(CCC#N)C(=O)CSc2nnnn2-c2ccc(C)c(C)c2)c1. The summed E-state index contributed by atoms with van der Waals surface area (Å²) in [5.74, 6) is 0.0822. The number of hydrogen-bond donors (Lipinski definition) is 0. The van der Waals surface area contributed by atoms with Gasteiger partial charge in [-0.3, -0.25) is 4.79 Å². The van der Waals surface area contributed by atoms with Crippen LogP contribution in [0.3, 0.4) is 0 Å². The first-order valence-electron chi connectivity index (χ1n) is 9.63. The number of nitriles is 1. The molecule has 7 nitrogen and oxygen atoms in total. The Kier molecular flexibility index (Phi) is 6.85. The van der Waals surface area contributed by atoms with Crippen molar-refractivity contribution >= 4 is 23.4 Å². The highest BCUT2D eigenvalue weighted by Crippen LogP contribution is 2.23. The Morgan fingerprint density at radius 3 is 2.50 bits per heavy atom. The molecular formula is C22H24N6OS. The summed E-state index contributed by atoms with van der Waals surface area (Å²) >= 11 is 1.28. The zero-order chi connectivity index (χ0) is 21.7. The smallest absolute Gasteiger partial charge is 0.237 e. The van der Waals surface area contributed by atoms with Gasteiger partial charge in [-0.05, 0) is 84.6 Å². The molecular weight excluding hydrogens is 396 g/mol. The van der Waals surface area contributed by atoms with Crippen LogP contribution >= 0.6 is 11.8 Å². The van der Waals surface area contributed by atoms with Gasteiger partial charge in [0.1, 0.15) is 0 Å². The third-order valence-corrected chi connectivity index (χ3v) is 5.67. The van der Waals surface area contributed by atoms with Crippen molar-refractivity contribution in [3.8, 4) is 11.8 Å². The predicted molar refractivity (Wildman–Crippen MR) is 118 cm³/mol. The fourth-order valence-electron chi connectivity index (χ4n) is 3.16. The highest BCUT2D eigenvalue weighted by atomic mass is 32.2. The van der Waals surface area contributed by atoms with Gasteiger partial charge in [-0.25, -0.2) is 0 Å². The average molecular weight is 421 g/mol. The maximum Gasteiger partial charge on any atom is 0.237 e. The molecule has 0 aliphatic heterocycles. The molecule has 0 atom stereocenters. The van der Waals surface area contributed by atoms with Crippen molar-refractivity contribution in [1.29, 1.82) is 5.26 Å². The van der Waals surface area contributed by atoms with Crippen LogP contribution in [0.4, 0.5) is 5.69 Å². The second-order valence-corrected chi connectivity index (χ2v) is 8.17. The number of aromatic nitrogens is 4. The van der Waals surface area contributed by atoms with Gasteiger partial charge >= 0.3 is 0 Å². The Balaban J connectivity index is 1.78. The van der Waals surface area contributed by atoms with E-state index >= 15 is 0 Å². The van der Waals surface area contributed by atoms with Gasteiger partial charge in [0.15, 0.2) is 0 Å². The molecule has 3 rings (SSSR count). The highest BCUT2D eigenvalue weighted by Gasteiger charge is 2.19. The van der Waals surface area contributed by atoms with Gasteiger partial charge < -0.3 is 4.90 Å². The quantitative estimate of drug-likeness (QED) is 0.538. The van der Waals surface area contributed by atoms with Crippen molar-refractivity contribution in [2.75, 3.05) is 17.2 Å². The predicted octanol–water partition coefficient (Wildman–Crippen LogP) is 3.93. The molecule has 154 valence electrons. The number of tetrazole rings is 1. The number of hydrogen-bond acceptors (Lipinski definition) is 6. The third-order valence-electron chi connectivity index (χ3n) is 4.77. The second-order valence-electron chi connectivity index (χ2n) is 7.23. The molecule has 0 fully saturated rings. The number of carbonyl (C=O) groups excluding carboxylic acids is 1. The first-order chi connectivity index (χ1) is 14.4. The molecule has 0 spiro atoms. The molecule has 0 N–H and O–H groups in total. The average Bonchev–Trinajstić information content (AvgIpc) is 3.16. The molecule has 0 saturated carbocycles. The van der Waals surface area contributed by atoms with Gasteiger partial charge in [-0.15, -0.1) is 5.10 Å². The number of benzene rings is 2. The van der Waals surface area contributed by atoms with E-state index in [1.165, 1.54) is 17.3 Å². The molecule has 0 bridgehead atoms. The van der Waals surface area contributed by atoms with Crippen LogP contribution in [-0.2, 0) is 4.79 Å². The number of aryl methyl sites for hydroxylation is 4. The summed E-state index contributed by atoms with van der Waals surface area (Å²) in [6, 6.07) is 14.1. The number of carbonyl (C=O) groups is 1. The van der Waals surface area contributed by atoms with Crippen molar-refractivity contribution in [3.05, 3.63) is 58.7 Å². The minimum atomic E-state index is -0.0881. The second kappa shape index (κ2) is 9.55. The first-order valence-corrected chi connectivity index (χ1v) is 10.6. The Morgan fingerprint density at radius 2 is 1.83 bits per heavy atom. The lowest BCUT2D eigenvalue weighted by molar-refractivity contribution is -0.116. The maximum absolute atomic E-state index is 13.0. The van der Waals surface area contributed by atoms with E-state index < -0.39 is 0 Å². The van der Waals surface area contributed by atoms with Crippen LogP contribution in [0.25, 0.3) is 5.69 Å². The number of nitrogens with zero attached hydrogens (tertiary/aromatic N) is 6. The largest absolute Gasteiger partial charge is 0.311 e. The molecule has 0 aliphatic carbocycles. The Morgan fingerprint density at radius 1 is 1.10 bits per heavy atom. The minimum Gasteiger partial charge on any atom is -0.311 e. The van der Waals surface area contributed by atoms with Crippen LogP contribution in [0.1, 0.15) is 28.7 Å². The van der Waals surface area contributed by atoms with Crippen molar-refractivity contribution in [2.24, 2.45) is 0 Å². The van der Waals surface area contributed by atoms with Crippen molar-refractivity contribution < 1.29 is 4.79 Å². The van der Waals surface area contributed by atoms with E-state index in [1.54, 1.807) is 9.58 Å². The Hall–Kier alpha value is -3.18. The van der Waals surface area contributed by atoms with Gasteiger partial charge in [-0.1, -0.05) is 23.9 Å². The lowest BCUT2D eigenvalue weighted by Gasteiger charge is -2.22. The summed E-state index contributed by atoms with van der Waals surface area (Å²) in [6.07, 6.45) is 0.268. The molecule has 1 aromatic heterocycles. The third kappa shape index (κ3) is 5.05. The van der Waals surface area contributed by atoms with E-state index in [9.17, 15) is 4.79 Å². The van der Waals surface area contributed by atoms with Gasteiger partial charge in [0, 0.05) is 12.2 Å². The first kappa shape index (κ1) is 21.5. The Bertz CT molecular complexity index is 1080. The highest BCUT2D eigenvalue weighted by molar-refractivity contribution is 7.99. The zero-order valence-corrected chi connectivity index (χ0v) is 18.4.